The van der Waals surface area contributed by atoms with E-state index in [-0.39, 0.29) is 17.4 Å². The summed E-state index contributed by atoms with van der Waals surface area (Å²) in [6.07, 6.45) is 3.28. The Morgan fingerprint density at radius 3 is 2.38 bits per heavy atom. The number of benzene rings is 3. The molecule has 190 valence electrons. The van der Waals surface area contributed by atoms with E-state index in [1.54, 1.807) is 32.0 Å². The number of carbonyl (C=O) groups is 1. The summed E-state index contributed by atoms with van der Waals surface area (Å²) in [7, 11) is 0. The van der Waals surface area contributed by atoms with E-state index in [9.17, 15) is 9.59 Å². The van der Waals surface area contributed by atoms with Gasteiger partial charge in [-0.05, 0) is 49.9 Å². The van der Waals surface area contributed by atoms with Gasteiger partial charge in [-0.15, -0.1) is 0 Å². The van der Waals surface area contributed by atoms with Crippen LogP contribution in [0, 0.1) is 0 Å². The molecule has 0 spiro atoms. The van der Waals surface area contributed by atoms with Crippen LogP contribution in [0.15, 0.2) is 94.3 Å². The van der Waals surface area contributed by atoms with Crippen molar-refractivity contribution in [3.63, 3.8) is 0 Å². The van der Waals surface area contributed by atoms with Crippen LogP contribution in [0.4, 0.5) is 0 Å². The van der Waals surface area contributed by atoms with Gasteiger partial charge in [-0.2, -0.15) is 0 Å². The van der Waals surface area contributed by atoms with Crippen LogP contribution in [0.5, 0.6) is 5.75 Å². The quantitative estimate of drug-likeness (QED) is 0.371. The fraction of sp³-hybridized carbons (Fsp3) is 0.290. The minimum absolute atomic E-state index is 0.102. The number of rotatable bonds is 7. The summed E-state index contributed by atoms with van der Waals surface area (Å²) < 4.78 is 11.9. The first-order valence-electron chi connectivity index (χ1n) is 12.8. The van der Waals surface area contributed by atoms with Crippen molar-refractivity contribution >= 4 is 16.9 Å². The highest BCUT2D eigenvalue weighted by atomic mass is 16.5. The predicted molar refractivity (Wildman–Crippen MR) is 146 cm³/mol. The Balaban J connectivity index is 1.21. The van der Waals surface area contributed by atoms with Crippen molar-refractivity contribution in [2.75, 3.05) is 13.1 Å². The van der Waals surface area contributed by atoms with Crippen LogP contribution < -0.4 is 15.5 Å². The lowest BCUT2D eigenvalue weighted by Crippen LogP contribution is -2.52. The zero-order valence-corrected chi connectivity index (χ0v) is 21.3. The van der Waals surface area contributed by atoms with Crippen LogP contribution in [-0.4, -0.2) is 35.5 Å². The van der Waals surface area contributed by atoms with E-state index < -0.39 is 5.60 Å². The molecule has 1 amide bonds. The SMILES string of the molecule is CC(C)(Oc1ccc2c(=O)c(-c3ccccc3)coc2c1)C(=O)NC1CCN(Cc2ccccc2)CC1. The lowest BCUT2D eigenvalue weighted by molar-refractivity contribution is -0.135. The van der Waals surface area contributed by atoms with Gasteiger partial charge < -0.3 is 14.5 Å². The molecule has 1 N–H and O–H groups in total. The molecule has 1 aliphatic rings. The number of hydrogen-bond donors (Lipinski definition) is 1. The maximum absolute atomic E-state index is 13.1. The number of amides is 1. The summed E-state index contributed by atoms with van der Waals surface area (Å²) >= 11 is 0. The molecule has 3 aromatic carbocycles. The maximum atomic E-state index is 13.1. The molecule has 2 heterocycles. The van der Waals surface area contributed by atoms with Gasteiger partial charge >= 0.3 is 0 Å². The molecule has 1 aliphatic heterocycles. The smallest absolute Gasteiger partial charge is 0.263 e. The van der Waals surface area contributed by atoms with Gasteiger partial charge in [0.2, 0.25) is 0 Å². The minimum atomic E-state index is -1.08. The second kappa shape index (κ2) is 10.6. The third-order valence-electron chi connectivity index (χ3n) is 6.92. The summed E-state index contributed by atoms with van der Waals surface area (Å²) in [5, 5.41) is 3.64. The second-order valence-corrected chi connectivity index (χ2v) is 10.1. The van der Waals surface area contributed by atoms with Crippen LogP contribution in [0.2, 0.25) is 0 Å². The molecule has 0 saturated carbocycles. The molecule has 0 bridgehead atoms. The largest absolute Gasteiger partial charge is 0.478 e. The molecule has 5 rings (SSSR count). The molecule has 37 heavy (non-hydrogen) atoms. The first kappa shape index (κ1) is 24.8. The van der Waals surface area contributed by atoms with Crippen molar-refractivity contribution in [1.82, 2.24) is 10.2 Å². The summed E-state index contributed by atoms with van der Waals surface area (Å²) in [6, 6.07) is 25.1. The number of nitrogens with one attached hydrogen (secondary N) is 1. The monoisotopic (exact) mass is 496 g/mol. The van der Waals surface area contributed by atoms with Crippen LogP contribution in [0.3, 0.4) is 0 Å². The lowest BCUT2D eigenvalue weighted by atomic mass is 10.0. The topological polar surface area (TPSA) is 71.8 Å². The Morgan fingerprint density at radius 1 is 1.00 bits per heavy atom. The molecule has 0 unspecified atom stereocenters. The Bertz CT molecular complexity index is 1420. The van der Waals surface area contributed by atoms with Crippen LogP contribution in [0.25, 0.3) is 22.1 Å². The van der Waals surface area contributed by atoms with Gasteiger partial charge in [-0.25, -0.2) is 0 Å². The Hall–Kier alpha value is -3.90. The molecule has 0 atom stereocenters. The highest BCUT2D eigenvalue weighted by molar-refractivity contribution is 5.86. The predicted octanol–water partition coefficient (Wildman–Crippen LogP) is 5.40. The Morgan fingerprint density at radius 2 is 1.68 bits per heavy atom. The van der Waals surface area contributed by atoms with Crippen LogP contribution in [0.1, 0.15) is 32.3 Å². The average molecular weight is 497 g/mol. The first-order chi connectivity index (χ1) is 17.9. The van der Waals surface area contributed by atoms with Gasteiger partial charge in [0.15, 0.2) is 11.0 Å². The van der Waals surface area contributed by atoms with E-state index in [2.05, 4.69) is 34.5 Å². The van der Waals surface area contributed by atoms with Crippen molar-refractivity contribution in [3.8, 4) is 16.9 Å². The van der Waals surface area contributed by atoms with Gasteiger partial charge in [-0.3, -0.25) is 14.5 Å². The van der Waals surface area contributed by atoms with Gasteiger partial charge in [0.1, 0.15) is 17.6 Å². The molecule has 6 heteroatoms. The number of nitrogens with zero attached hydrogens (tertiary/aromatic N) is 1. The number of ether oxygens (including phenoxy) is 1. The number of piperidine rings is 1. The summed E-state index contributed by atoms with van der Waals surface area (Å²) in [5.74, 6) is 0.316. The normalized spacial score (nSPS) is 15.0. The van der Waals surface area contributed by atoms with Gasteiger partial charge in [-0.1, -0.05) is 60.7 Å². The second-order valence-electron chi connectivity index (χ2n) is 10.1. The van der Waals surface area contributed by atoms with Crippen molar-refractivity contribution in [2.45, 2.75) is 44.9 Å². The number of hydrogen-bond acceptors (Lipinski definition) is 5. The third-order valence-corrected chi connectivity index (χ3v) is 6.92. The fourth-order valence-electron chi connectivity index (χ4n) is 4.77. The van der Waals surface area contributed by atoms with Crippen molar-refractivity contribution in [3.05, 3.63) is 101 Å². The minimum Gasteiger partial charge on any atom is -0.478 e. The zero-order valence-electron chi connectivity index (χ0n) is 21.3. The number of likely N-dealkylation sites (tertiary alicyclic amines) is 1. The first-order valence-corrected chi connectivity index (χ1v) is 12.8. The zero-order chi connectivity index (χ0) is 25.8. The number of carbonyl (C=O) groups excluding carboxylic acids is 1. The van der Waals surface area contributed by atoms with E-state index in [4.69, 9.17) is 9.15 Å². The van der Waals surface area contributed by atoms with E-state index in [0.29, 0.717) is 22.3 Å². The fourth-order valence-corrected chi connectivity index (χ4v) is 4.77. The molecule has 4 aromatic rings. The van der Waals surface area contributed by atoms with Crippen LogP contribution >= 0.6 is 0 Å². The molecule has 1 aromatic heterocycles. The van der Waals surface area contributed by atoms with Gasteiger partial charge in [0, 0.05) is 31.7 Å². The van der Waals surface area contributed by atoms with Crippen molar-refractivity contribution in [2.24, 2.45) is 0 Å². The summed E-state index contributed by atoms with van der Waals surface area (Å²) in [4.78, 5) is 28.5. The Labute approximate surface area is 216 Å². The molecule has 0 aliphatic carbocycles. The summed E-state index contributed by atoms with van der Waals surface area (Å²) in [5.41, 5.74) is 1.86. The lowest BCUT2D eigenvalue weighted by Gasteiger charge is -2.34. The summed E-state index contributed by atoms with van der Waals surface area (Å²) in [6.45, 7) is 6.32. The molecular formula is C31H32N2O4. The van der Waals surface area contributed by atoms with E-state index in [1.165, 1.54) is 11.8 Å². The number of fused-ring (bicyclic) bond motifs is 1. The van der Waals surface area contributed by atoms with E-state index >= 15 is 0 Å². The molecule has 6 nitrogen and oxygen atoms in total. The standard InChI is InChI=1S/C31H32N2O4/c1-31(2,30(35)32-24-15-17-33(18-16-24)20-22-9-5-3-6-10-22)37-25-13-14-26-28(19-25)36-21-27(29(26)34)23-11-7-4-8-12-23/h3-14,19,21,24H,15-18,20H2,1-2H3,(H,32,35). The van der Waals surface area contributed by atoms with E-state index in [0.717, 1.165) is 38.0 Å². The third kappa shape index (κ3) is 5.75. The van der Waals surface area contributed by atoms with E-state index in [1.807, 2.05) is 36.4 Å². The highest BCUT2D eigenvalue weighted by Gasteiger charge is 2.32. The Kier molecular flexibility index (Phi) is 7.10. The van der Waals surface area contributed by atoms with Gasteiger partial charge in [0.25, 0.3) is 5.91 Å². The molecule has 1 saturated heterocycles. The highest BCUT2D eigenvalue weighted by Crippen LogP contribution is 2.26. The van der Waals surface area contributed by atoms with Crippen molar-refractivity contribution < 1.29 is 13.9 Å². The maximum Gasteiger partial charge on any atom is 0.263 e. The average Bonchev–Trinajstić information content (AvgIpc) is 2.91. The van der Waals surface area contributed by atoms with Gasteiger partial charge in [0.05, 0.1) is 10.9 Å². The molecule has 0 radical (unpaired) electrons. The molecule has 1 fully saturated rings. The molecular weight excluding hydrogens is 464 g/mol. The van der Waals surface area contributed by atoms with Crippen molar-refractivity contribution in [1.29, 1.82) is 0 Å². The van der Waals surface area contributed by atoms with Crippen LogP contribution in [-0.2, 0) is 11.3 Å².